The summed E-state index contributed by atoms with van der Waals surface area (Å²) in [5, 5.41) is 0. The van der Waals surface area contributed by atoms with Crippen LogP contribution in [-0.4, -0.2) is 23.6 Å². The van der Waals surface area contributed by atoms with Crippen molar-refractivity contribution in [3.8, 4) is 0 Å². The molecule has 1 aliphatic carbocycles. The Morgan fingerprint density at radius 2 is 2.00 bits per heavy atom. The van der Waals surface area contributed by atoms with Gasteiger partial charge in [-0.2, -0.15) is 0 Å². The minimum atomic E-state index is -1.10. The molecule has 4 heteroatoms. The lowest BCUT2D eigenvalue weighted by Gasteiger charge is -2.34. The zero-order valence-electron chi connectivity index (χ0n) is 9.30. The van der Waals surface area contributed by atoms with E-state index in [4.69, 9.17) is 9.47 Å². The third-order valence-electron chi connectivity index (χ3n) is 2.13. The van der Waals surface area contributed by atoms with E-state index in [1.165, 1.54) is 19.9 Å². The first-order valence-corrected chi connectivity index (χ1v) is 4.86. The first kappa shape index (κ1) is 12.2. The van der Waals surface area contributed by atoms with Crippen molar-refractivity contribution in [3.63, 3.8) is 0 Å². The zero-order valence-corrected chi connectivity index (χ0v) is 9.30. The number of rotatable bonds is 3. The highest BCUT2D eigenvalue weighted by Gasteiger charge is 2.39. The number of carbonyl (C=O) groups excluding carboxylic acids is 2. The van der Waals surface area contributed by atoms with Crippen LogP contribution in [0.15, 0.2) is 37.0 Å². The van der Waals surface area contributed by atoms with Crippen molar-refractivity contribution in [3.05, 3.63) is 37.0 Å². The predicted octanol–water partition coefficient (Wildman–Crippen LogP) is 1.53. The van der Waals surface area contributed by atoms with Crippen LogP contribution in [0.2, 0.25) is 0 Å². The molecule has 0 fully saturated rings. The van der Waals surface area contributed by atoms with E-state index in [0.717, 1.165) is 0 Å². The van der Waals surface area contributed by atoms with Crippen LogP contribution in [0.5, 0.6) is 0 Å². The van der Waals surface area contributed by atoms with Crippen LogP contribution >= 0.6 is 0 Å². The lowest BCUT2D eigenvalue weighted by molar-refractivity contribution is -0.165. The van der Waals surface area contributed by atoms with E-state index in [-0.39, 0.29) is 0 Å². The van der Waals surface area contributed by atoms with Gasteiger partial charge in [-0.05, 0) is 18.2 Å². The summed E-state index contributed by atoms with van der Waals surface area (Å²) in [7, 11) is 0. The molecule has 4 nitrogen and oxygen atoms in total. The Labute approximate surface area is 94.2 Å². The molecule has 1 rings (SSSR count). The van der Waals surface area contributed by atoms with E-state index in [0.29, 0.717) is 0 Å². The van der Waals surface area contributed by atoms with Crippen LogP contribution in [0.3, 0.4) is 0 Å². The maximum Gasteiger partial charge on any atom is 0.303 e. The molecule has 0 saturated heterocycles. The molecule has 0 bridgehead atoms. The summed E-state index contributed by atoms with van der Waals surface area (Å²) in [6, 6.07) is 0. The predicted molar refractivity (Wildman–Crippen MR) is 58.5 cm³/mol. The molecular formula is C12H14O4. The highest BCUT2D eigenvalue weighted by atomic mass is 16.6. The highest BCUT2D eigenvalue weighted by molar-refractivity contribution is 5.69. The van der Waals surface area contributed by atoms with E-state index >= 15 is 0 Å². The fourth-order valence-electron chi connectivity index (χ4n) is 1.49. The van der Waals surface area contributed by atoms with Crippen molar-refractivity contribution in [1.29, 1.82) is 0 Å². The second kappa shape index (κ2) is 4.79. The lowest BCUT2D eigenvalue weighted by Crippen LogP contribution is -2.44. The quantitative estimate of drug-likeness (QED) is 0.536. The van der Waals surface area contributed by atoms with Crippen molar-refractivity contribution in [2.24, 2.45) is 0 Å². The van der Waals surface area contributed by atoms with E-state index in [2.05, 4.69) is 6.58 Å². The van der Waals surface area contributed by atoms with Gasteiger partial charge in [0.25, 0.3) is 0 Å². The van der Waals surface area contributed by atoms with E-state index in [1.807, 2.05) is 0 Å². The summed E-state index contributed by atoms with van der Waals surface area (Å²) in [6.45, 7) is 6.21. The molecule has 0 aromatic carbocycles. The molecule has 0 spiro atoms. The molecule has 0 aromatic heterocycles. The largest absolute Gasteiger partial charge is 0.453 e. The molecule has 86 valence electrons. The number of ether oxygens (including phenoxy) is 2. The summed E-state index contributed by atoms with van der Waals surface area (Å²) >= 11 is 0. The van der Waals surface area contributed by atoms with E-state index < -0.39 is 23.6 Å². The van der Waals surface area contributed by atoms with Gasteiger partial charge in [0.2, 0.25) is 0 Å². The summed E-state index contributed by atoms with van der Waals surface area (Å²) in [4.78, 5) is 22.0. The molecule has 2 unspecified atom stereocenters. The molecule has 0 aliphatic heterocycles. The van der Waals surface area contributed by atoms with E-state index in [1.54, 1.807) is 24.3 Å². The fraction of sp³-hybridized carbons (Fsp3) is 0.333. The minimum absolute atomic E-state index is 0.441. The fourth-order valence-corrected chi connectivity index (χ4v) is 1.49. The minimum Gasteiger partial charge on any atom is -0.453 e. The Bertz CT molecular complexity index is 367. The molecule has 0 N–H and O–H groups in total. The SMILES string of the molecule is C=CC1(OC(C)=O)C=CC=CC1OC(C)=O. The van der Waals surface area contributed by atoms with Gasteiger partial charge >= 0.3 is 11.9 Å². The number of carbonyl (C=O) groups is 2. The number of esters is 2. The van der Waals surface area contributed by atoms with Gasteiger partial charge in [-0.25, -0.2) is 0 Å². The molecule has 0 saturated carbocycles. The summed E-state index contributed by atoms with van der Waals surface area (Å²) in [5.41, 5.74) is -1.10. The van der Waals surface area contributed by atoms with Gasteiger partial charge in [0.15, 0.2) is 11.7 Å². The smallest absolute Gasteiger partial charge is 0.303 e. The Balaban J connectivity index is 2.98. The second-order valence-electron chi connectivity index (χ2n) is 3.43. The first-order chi connectivity index (χ1) is 7.50. The van der Waals surface area contributed by atoms with E-state index in [9.17, 15) is 9.59 Å². The van der Waals surface area contributed by atoms with Gasteiger partial charge in [0.05, 0.1) is 0 Å². The molecule has 0 amide bonds. The van der Waals surface area contributed by atoms with Crippen molar-refractivity contribution in [2.45, 2.75) is 25.6 Å². The summed E-state index contributed by atoms with van der Waals surface area (Å²) < 4.78 is 10.2. The van der Waals surface area contributed by atoms with Crippen LogP contribution in [0, 0.1) is 0 Å². The Morgan fingerprint density at radius 1 is 1.31 bits per heavy atom. The maximum absolute atomic E-state index is 11.0. The molecule has 16 heavy (non-hydrogen) atoms. The normalized spacial score (nSPS) is 27.2. The van der Waals surface area contributed by atoms with Crippen molar-refractivity contribution >= 4 is 11.9 Å². The van der Waals surface area contributed by atoms with Gasteiger partial charge < -0.3 is 9.47 Å². The van der Waals surface area contributed by atoms with Gasteiger partial charge in [0, 0.05) is 13.8 Å². The van der Waals surface area contributed by atoms with Crippen LogP contribution < -0.4 is 0 Å². The zero-order chi connectivity index (χ0) is 12.2. The Kier molecular flexibility index (Phi) is 3.66. The molecule has 0 radical (unpaired) electrons. The molecular weight excluding hydrogens is 208 g/mol. The lowest BCUT2D eigenvalue weighted by atomic mass is 9.92. The summed E-state index contributed by atoms with van der Waals surface area (Å²) in [5.74, 6) is -0.902. The molecule has 0 heterocycles. The molecule has 2 atom stereocenters. The van der Waals surface area contributed by atoms with Gasteiger partial charge in [-0.15, -0.1) is 0 Å². The highest BCUT2D eigenvalue weighted by Crippen LogP contribution is 2.27. The van der Waals surface area contributed by atoms with Crippen LogP contribution in [0.1, 0.15) is 13.8 Å². The Hall–Kier alpha value is -1.84. The van der Waals surface area contributed by atoms with Crippen LogP contribution in [0.25, 0.3) is 0 Å². The average Bonchev–Trinajstić information content (AvgIpc) is 2.19. The van der Waals surface area contributed by atoms with Crippen LogP contribution in [0.4, 0.5) is 0 Å². The third kappa shape index (κ3) is 2.59. The van der Waals surface area contributed by atoms with Crippen molar-refractivity contribution in [2.75, 3.05) is 0 Å². The van der Waals surface area contributed by atoms with Crippen molar-refractivity contribution in [1.82, 2.24) is 0 Å². The van der Waals surface area contributed by atoms with Gasteiger partial charge in [-0.1, -0.05) is 18.7 Å². The Morgan fingerprint density at radius 3 is 2.50 bits per heavy atom. The molecule has 1 aliphatic rings. The maximum atomic E-state index is 11.0. The number of allylic oxidation sites excluding steroid dienone is 2. The molecule has 0 aromatic rings. The first-order valence-electron chi connectivity index (χ1n) is 4.86. The topological polar surface area (TPSA) is 52.6 Å². The van der Waals surface area contributed by atoms with Crippen molar-refractivity contribution < 1.29 is 19.1 Å². The summed E-state index contributed by atoms with van der Waals surface area (Å²) in [6.07, 6.45) is 7.49. The third-order valence-corrected chi connectivity index (χ3v) is 2.13. The monoisotopic (exact) mass is 222 g/mol. The average molecular weight is 222 g/mol. The standard InChI is InChI=1S/C12H14O4/c1-4-12(16-10(3)14)8-6-5-7-11(12)15-9(2)13/h4-8,11H,1H2,2-3H3. The number of hydrogen-bond donors (Lipinski definition) is 0. The van der Waals surface area contributed by atoms with Gasteiger partial charge in [-0.3, -0.25) is 9.59 Å². The van der Waals surface area contributed by atoms with Crippen LogP contribution in [-0.2, 0) is 19.1 Å². The number of hydrogen-bond acceptors (Lipinski definition) is 4. The second-order valence-corrected chi connectivity index (χ2v) is 3.43. The van der Waals surface area contributed by atoms with Gasteiger partial charge in [0.1, 0.15) is 0 Å².